The molecule has 0 radical (unpaired) electrons. The topological polar surface area (TPSA) is 20.3 Å². The summed E-state index contributed by atoms with van der Waals surface area (Å²) >= 11 is 0. The van der Waals surface area contributed by atoms with Crippen LogP contribution in [0.3, 0.4) is 0 Å². The normalized spacial score (nSPS) is 14.8. The molecule has 0 N–H and O–H groups in total. The quantitative estimate of drug-likeness (QED) is 0.795. The number of ketones is 1. The first kappa shape index (κ1) is 14.0. The molecule has 0 spiro atoms. The molecule has 0 aliphatic carbocycles. The maximum atomic E-state index is 12.7. The molecule has 0 atom stereocenters. The third kappa shape index (κ3) is 3.06. The van der Waals surface area contributed by atoms with E-state index in [9.17, 15) is 4.79 Å². The van der Waals surface area contributed by atoms with Gasteiger partial charge in [0.05, 0.1) is 0 Å². The third-order valence-electron chi connectivity index (χ3n) is 4.18. The summed E-state index contributed by atoms with van der Waals surface area (Å²) in [4.78, 5) is 15.1. The zero-order valence-electron chi connectivity index (χ0n) is 12.7. The van der Waals surface area contributed by atoms with Crippen molar-refractivity contribution < 1.29 is 4.79 Å². The molecule has 108 valence electrons. The van der Waals surface area contributed by atoms with Gasteiger partial charge in [0.15, 0.2) is 5.78 Å². The Bertz CT molecular complexity index is 671. The lowest BCUT2D eigenvalue weighted by Crippen LogP contribution is -2.36. The smallest absolute Gasteiger partial charge is 0.193 e. The number of rotatable bonds is 4. The van der Waals surface area contributed by atoms with Gasteiger partial charge in [0.1, 0.15) is 0 Å². The van der Waals surface area contributed by atoms with Gasteiger partial charge in [0, 0.05) is 17.7 Å². The Morgan fingerprint density at radius 1 is 1.10 bits per heavy atom. The van der Waals surface area contributed by atoms with E-state index in [0.717, 1.165) is 28.8 Å². The molecule has 2 aromatic carbocycles. The SMILES string of the molecule is Cc1ccc(C)c(C(=O)c2cccc(CN3CCC3)c2)c1. The van der Waals surface area contributed by atoms with Gasteiger partial charge in [0.2, 0.25) is 0 Å². The largest absolute Gasteiger partial charge is 0.299 e. The summed E-state index contributed by atoms with van der Waals surface area (Å²) in [5, 5.41) is 0. The summed E-state index contributed by atoms with van der Waals surface area (Å²) < 4.78 is 0. The molecule has 0 amide bonds. The molecule has 2 heteroatoms. The first-order valence-electron chi connectivity index (χ1n) is 7.57. The molecule has 1 heterocycles. The van der Waals surface area contributed by atoms with Crippen LogP contribution in [0.25, 0.3) is 0 Å². The highest BCUT2D eigenvalue weighted by atomic mass is 16.1. The standard InChI is InChI=1S/C19H21NO/c1-14-7-8-15(2)18(11-14)19(21)17-6-3-5-16(12-17)13-20-9-4-10-20/h3,5-8,11-12H,4,9-10,13H2,1-2H3. The lowest BCUT2D eigenvalue weighted by Gasteiger charge is -2.30. The predicted octanol–water partition coefficient (Wildman–Crippen LogP) is 3.74. The van der Waals surface area contributed by atoms with Gasteiger partial charge in [-0.1, -0.05) is 35.9 Å². The Morgan fingerprint density at radius 3 is 2.62 bits per heavy atom. The Hall–Kier alpha value is -1.93. The molecule has 1 fully saturated rings. The van der Waals surface area contributed by atoms with E-state index in [0.29, 0.717) is 0 Å². The van der Waals surface area contributed by atoms with Crippen molar-refractivity contribution in [3.8, 4) is 0 Å². The van der Waals surface area contributed by atoms with Crippen LogP contribution in [0.1, 0.15) is 39.0 Å². The highest BCUT2D eigenvalue weighted by Crippen LogP contribution is 2.18. The minimum atomic E-state index is 0.127. The summed E-state index contributed by atoms with van der Waals surface area (Å²) in [5.41, 5.74) is 5.00. The van der Waals surface area contributed by atoms with E-state index in [1.165, 1.54) is 25.1 Å². The zero-order valence-corrected chi connectivity index (χ0v) is 12.7. The van der Waals surface area contributed by atoms with Crippen molar-refractivity contribution in [3.05, 3.63) is 70.3 Å². The van der Waals surface area contributed by atoms with Gasteiger partial charge < -0.3 is 0 Å². The first-order chi connectivity index (χ1) is 10.1. The van der Waals surface area contributed by atoms with Crippen LogP contribution in [0.2, 0.25) is 0 Å². The molecular formula is C19H21NO. The molecule has 3 rings (SSSR count). The molecule has 1 saturated heterocycles. The van der Waals surface area contributed by atoms with Crippen molar-refractivity contribution >= 4 is 5.78 Å². The highest BCUT2D eigenvalue weighted by Gasteiger charge is 2.16. The van der Waals surface area contributed by atoms with Crippen LogP contribution in [0.5, 0.6) is 0 Å². The van der Waals surface area contributed by atoms with Gasteiger partial charge in [-0.3, -0.25) is 9.69 Å². The number of likely N-dealkylation sites (tertiary alicyclic amines) is 1. The number of aryl methyl sites for hydroxylation is 2. The molecule has 1 aliphatic heterocycles. The zero-order chi connectivity index (χ0) is 14.8. The van der Waals surface area contributed by atoms with Gasteiger partial charge in [-0.25, -0.2) is 0 Å². The van der Waals surface area contributed by atoms with E-state index in [-0.39, 0.29) is 5.78 Å². The summed E-state index contributed by atoms with van der Waals surface area (Å²) in [6, 6.07) is 14.1. The Morgan fingerprint density at radius 2 is 1.90 bits per heavy atom. The fourth-order valence-corrected chi connectivity index (χ4v) is 2.74. The minimum Gasteiger partial charge on any atom is -0.299 e. The number of carbonyl (C=O) groups is 1. The predicted molar refractivity (Wildman–Crippen MR) is 85.7 cm³/mol. The maximum Gasteiger partial charge on any atom is 0.193 e. The Balaban J connectivity index is 1.86. The molecule has 2 nitrogen and oxygen atoms in total. The van der Waals surface area contributed by atoms with Crippen molar-refractivity contribution in [2.24, 2.45) is 0 Å². The average Bonchev–Trinajstić information content (AvgIpc) is 2.45. The summed E-state index contributed by atoms with van der Waals surface area (Å²) in [7, 11) is 0. The van der Waals surface area contributed by atoms with Crippen LogP contribution < -0.4 is 0 Å². The van der Waals surface area contributed by atoms with Crippen molar-refractivity contribution in [2.45, 2.75) is 26.8 Å². The van der Waals surface area contributed by atoms with Gasteiger partial charge >= 0.3 is 0 Å². The number of nitrogens with zero attached hydrogens (tertiary/aromatic N) is 1. The van der Waals surface area contributed by atoms with Crippen LogP contribution >= 0.6 is 0 Å². The van der Waals surface area contributed by atoms with Crippen LogP contribution in [0, 0.1) is 13.8 Å². The van der Waals surface area contributed by atoms with Crippen molar-refractivity contribution in [2.75, 3.05) is 13.1 Å². The molecule has 2 aromatic rings. The average molecular weight is 279 g/mol. The van der Waals surface area contributed by atoms with Crippen LogP contribution in [0.4, 0.5) is 0 Å². The van der Waals surface area contributed by atoms with Crippen LogP contribution in [0.15, 0.2) is 42.5 Å². The fraction of sp³-hybridized carbons (Fsp3) is 0.316. The fourth-order valence-electron chi connectivity index (χ4n) is 2.74. The molecule has 0 bridgehead atoms. The Kier molecular flexibility index (Phi) is 3.89. The minimum absolute atomic E-state index is 0.127. The van der Waals surface area contributed by atoms with Gasteiger partial charge in [-0.2, -0.15) is 0 Å². The van der Waals surface area contributed by atoms with Gasteiger partial charge in [-0.05, 0) is 56.6 Å². The van der Waals surface area contributed by atoms with Crippen molar-refractivity contribution in [1.29, 1.82) is 0 Å². The summed E-state index contributed by atoms with van der Waals surface area (Å²) in [5.74, 6) is 0.127. The van der Waals surface area contributed by atoms with Crippen molar-refractivity contribution in [1.82, 2.24) is 4.90 Å². The molecule has 0 unspecified atom stereocenters. The second-order valence-corrected chi connectivity index (χ2v) is 5.98. The second-order valence-electron chi connectivity index (χ2n) is 5.98. The summed E-state index contributed by atoms with van der Waals surface area (Å²) in [6.45, 7) is 7.32. The highest BCUT2D eigenvalue weighted by molar-refractivity contribution is 6.10. The van der Waals surface area contributed by atoms with E-state index >= 15 is 0 Å². The van der Waals surface area contributed by atoms with E-state index < -0.39 is 0 Å². The van der Waals surface area contributed by atoms with Crippen LogP contribution in [-0.2, 0) is 6.54 Å². The van der Waals surface area contributed by atoms with E-state index in [1.807, 2.05) is 50.2 Å². The van der Waals surface area contributed by atoms with Gasteiger partial charge in [0.25, 0.3) is 0 Å². The lowest BCUT2D eigenvalue weighted by atomic mass is 9.96. The molecule has 0 saturated carbocycles. The number of hydrogen-bond acceptors (Lipinski definition) is 2. The summed E-state index contributed by atoms with van der Waals surface area (Å²) in [6.07, 6.45) is 1.29. The number of hydrogen-bond donors (Lipinski definition) is 0. The molecule has 0 aromatic heterocycles. The third-order valence-corrected chi connectivity index (χ3v) is 4.18. The van der Waals surface area contributed by atoms with E-state index in [4.69, 9.17) is 0 Å². The molecule has 21 heavy (non-hydrogen) atoms. The van der Waals surface area contributed by atoms with E-state index in [1.54, 1.807) is 0 Å². The maximum absolute atomic E-state index is 12.7. The van der Waals surface area contributed by atoms with E-state index in [2.05, 4.69) is 11.0 Å². The Labute approximate surface area is 126 Å². The monoisotopic (exact) mass is 279 g/mol. The molecular weight excluding hydrogens is 258 g/mol. The molecule has 1 aliphatic rings. The number of carbonyl (C=O) groups excluding carboxylic acids is 1. The first-order valence-corrected chi connectivity index (χ1v) is 7.57. The number of benzene rings is 2. The van der Waals surface area contributed by atoms with Crippen LogP contribution in [-0.4, -0.2) is 23.8 Å². The second kappa shape index (κ2) is 5.82. The lowest BCUT2D eigenvalue weighted by molar-refractivity contribution is 0.103. The van der Waals surface area contributed by atoms with Crippen molar-refractivity contribution in [3.63, 3.8) is 0 Å². The van der Waals surface area contributed by atoms with Gasteiger partial charge in [-0.15, -0.1) is 0 Å².